The van der Waals surface area contributed by atoms with Crippen LogP contribution in [0.4, 0.5) is 5.69 Å². The Morgan fingerprint density at radius 2 is 2.14 bits per heavy atom. The van der Waals surface area contributed by atoms with Crippen LogP contribution in [-0.2, 0) is 16.9 Å². The van der Waals surface area contributed by atoms with Crippen molar-refractivity contribution < 1.29 is 18.3 Å². The quantitative estimate of drug-likeness (QED) is 0.563. The molecule has 0 aliphatic rings. The Morgan fingerprint density at radius 1 is 1.45 bits per heavy atom. The van der Waals surface area contributed by atoms with E-state index in [0.717, 1.165) is 0 Å². The number of rotatable bonds is 4. The molecule has 118 valence electrons. The van der Waals surface area contributed by atoms with Gasteiger partial charge in [0, 0.05) is 13.2 Å². The summed E-state index contributed by atoms with van der Waals surface area (Å²) in [7, 11) is -1.74. The predicted octanol–water partition coefficient (Wildman–Crippen LogP) is 1.78. The Balaban J connectivity index is 2.35. The van der Waals surface area contributed by atoms with Crippen molar-refractivity contribution in [2.45, 2.75) is 11.8 Å². The molecular weight excluding hydrogens is 421 g/mol. The van der Waals surface area contributed by atoms with Crippen LogP contribution in [-0.4, -0.2) is 35.0 Å². The largest absolute Gasteiger partial charge is 0.506 e. The van der Waals surface area contributed by atoms with Crippen LogP contribution < -0.4 is 5.32 Å². The van der Waals surface area contributed by atoms with Gasteiger partial charge in [-0.05, 0) is 40.8 Å². The molecule has 0 saturated heterocycles. The van der Waals surface area contributed by atoms with Crippen LogP contribution in [0.25, 0.3) is 0 Å². The number of carbonyl (C=O) groups excluding carboxylic acids is 1. The standard InChI is InChI=1S/C13H14IN3O4S/c1-3-22(20,21)8-4-5-11(18)10(6-8)15-13(19)12-9(14)7-17(2)16-12/h4-7,18H,3H2,1-2H3,(H,15,19). The first-order chi connectivity index (χ1) is 10.2. The number of nitrogens with zero attached hydrogens (tertiary/aromatic N) is 2. The van der Waals surface area contributed by atoms with Gasteiger partial charge >= 0.3 is 0 Å². The minimum Gasteiger partial charge on any atom is -0.506 e. The van der Waals surface area contributed by atoms with Crippen molar-refractivity contribution in [3.8, 4) is 5.75 Å². The highest BCUT2D eigenvalue weighted by atomic mass is 127. The number of aryl methyl sites for hydroxylation is 1. The van der Waals surface area contributed by atoms with Gasteiger partial charge in [-0.25, -0.2) is 8.42 Å². The lowest BCUT2D eigenvalue weighted by Gasteiger charge is -2.09. The van der Waals surface area contributed by atoms with E-state index in [0.29, 0.717) is 3.57 Å². The number of carbonyl (C=O) groups is 1. The van der Waals surface area contributed by atoms with Crippen molar-refractivity contribution in [3.63, 3.8) is 0 Å². The van der Waals surface area contributed by atoms with Gasteiger partial charge in [0.2, 0.25) is 0 Å². The molecule has 0 bridgehead atoms. The molecule has 2 rings (SSSR count). The number of hydrogen-bond acceptors (Lipinski definition) is 5. The van der Waals surface area contributed by atoms with Crippen molar-refractivity contribution in [2.75, 3.05) is 11.1 Å². The third-order valence-electron chi connectivity index (χ3n) is 2.95. The van der Waals surface area contributed by atoms with Gasteiger partial charge in [0.25, 0.3) is 5.91 Å². The number of phenolic OH excluding ortho intramolecular Hbond substituents is 1. The van der Waals surface area contributed by atoms with Crippen molar-refractivity contribution in [1.82, 2.24) is 9.78 Å². The highest BCUT2D eigenvalue weighted by Crippen LogP contribution is 2.27. The van der Waals surface area contributed by atoms with Gasteiger partial charge in [-0.3, -0.25) is 9.48 Å². The summed E-state index contributed by atoms with van der Waals surface area (Å²) in [5, 5.41) is 16.3. The molecule has 0 aliphatic carbocycles. The van der Waals surface area contributed by atoms with Crippen LogP contribution in [0, 0.1) is 3.57 Å². The molecule has 0 spiro atoms. The monoisotopic (exact) mass is 435 g/mol. The Kier molecular flexibility index (Phi) is 4.75. The molecule has 7 nitrogen and oxygen atoms in total. The van der Waals surface area contributed by atoms with Crippen molar-refractivity contribution in [3.05, 3.63) is 33.7 Å². The molecule has 1 amide bonds. The van der Waals surface area contributed by atoms with Crippen molar-refractivity contribution in [2.24, 2.45) is 7.05 Å². The third-order valence-corrected chi connectivity index (χ3v) is 5.48. The molecular formula is C13H14IN3O4S. The van der Waals surface area contributed by atoms with Gasteiger partial charge in [-0.1, -0.05) is 6.92 Å². The van der Waals surface area contributed by atoms with Gasteiger partial charge in [0.1, 0.15) is 5.75 Å². The fourth-order valence-electron chi connectivity index (χ4n) is 1.77. The number of anilines is 1. The van der Waals surface area contributed by atoms with E-state index in [4.69, 9.17) is 0 Å². The van der Waals surface area contributed by atoms with Gasteiger partial charge in [0.15, 0.2) is 15.5 Å². The molecule has 0 radical (unpaired) electrons. The summed E-state index contributed by atoms with van der Waals surface area (Å²) in [4.78, 5) is 12.2. The average molecular weight is 435 g/mol. The van der Waals surface area contributed by atoms with Crippen LogP contribution in [0.15, 0.2) is 29.3 Å². The van der Waals surface area contributed by atoms with Gasteiger partial charge in [-0.2, -0.15) is 5.10 Å². The molecule has 2 aromatic rings. The number of hydrogen-bond donors (Lipinski definition) is 2. The second-order valence-corrected chi connectivity index (χ2v) is 7.98. The van der Waals surface area contributed by atoms with Crippen molar-refractivity contribution in [1.29, 1.82) is 0 Å². The second-order valence-electron chi connectivity index (χ2n) is 4.54. The van der Waals surface area contributed by atoms with Crippen LogP contribution >= 0.6 is 22.6 Å². The maximum absolute atomic E-state index is 12.2. The molecule has 0 unspecified atom stereocenters. The van der Waals surface area contributed by atoms with Gasteiger partial charge in [0.05, 0.1) is 19.9 Å². The summed E-state index contributed by atoms with van der Waals surface area (Å²) < 4.78 is 25.9. The molecule has 0 aliphatic heterocycles. The van der Waals surface area contributed by atoms with Crippen LogP contribution in [0.5, 0.6) is 5.75 Å². The maximum atomic E-state index is 12.2. The summed E-state index contributed by atoms with van der Waals surface area (Å²) in [6, 6.07) is 3.78. The highest BCUT2D eigenvalue weighted by molar-refractivity contribution is 14.1. The number of amides is 1. The molecule has 9 heteroatoms. The Hall–Kier alpha value is -1.62. The normalized spacial score (nSPS) is 11.4. The topological polar surface area (TPSA) is 101 Å². The predicted molar refractivity (Wildman–Crippen MR) is 89.7 cm³/mol. The molecule has 0 saturated carbocycles. The molecule has 22 heavy (non-hydrogen) atoms. The second kappa shape index (κ2) is 6.24. The number of halogens is 1. The highest BCUT2D eigenvalue weighted by Gasteiger charge is 2.18. The maximum Gasteiger partial charge on any atom is 0.277 e. The first-order valence-electron chi connectivity index (χ1n) is 6.31. The van der Waals surface area contributed by atoms with Crippen LogP contribution in [0.1, 0.15) is 17.4 Å². The SMILES string of the molecule is CCS(=O)(=O)c1ccc(O)c(NC(=O)c2nn(C)cc2I)c1. The van der Waals surface area contributed by atoms with E-state index >= 15 is 0 Å². The van der Waals surface area contributed by atoms with E-state index < -0.39 is 15.7 Å². The van der Waals surface area contributed by atoms with E-state index in [2.05, 4.69) is 10.4 Å². The summed E-state index contributed by atoms with van der Waals surface area (Å²) in [6.07, 6.45) is 1.67. The van der Waals surface area contributed by atoms with Crippen LogP contribution in [0.2, 0.25) is 0 Å². The molecule has 2 N–H and O–H groups in total. The average Bonchev–Trinajstić information content (AvgIpc) is 2.80. The Morgan fingerprint density at radius 3 is 2.68 bits per heavy atom. The number of aromatic hydroxyl groups is 1. The van der Waals surface area contributed by atoms with Crippen LogP contribution in [0.3, 0.4) is 0 Å². The number of sulfone groups is 1. The van der Waals surface area contributed by atoms with E-state index in [1.807, 2.05) is 22.6 Å². The summed E-state index contributed by atoms with van der Waals surface area (Å²) in [5.41, 5.74) is 0.229. The fourth-order valence-corrected chi connectivity index (χ4v) is 3.43. The van der Waals surface area contributed by atoms with Gasteiger partial charge in [-0.15, -0.1) is 0 Å². The Bertz CT molecular complexity index is 830. The summed E-state index contributed by atoms with van der Waals surface area (Å²) in [6.45, 7) is 1.52. The lowest BCUT2D eigenvalue weighted by atomic mass is 10.3. The summed E-state index contributed by atoms with van der Waals surface area (Å²) >= 11 is 1.97. The van der Waals surface area contributed by atoms with E-state index in [9.17, 15) is 18.3 Å². The zero-order chi connectivity index (χ0) is 16.5. The molecule has 0 fully saturated rings. The summed E-state index contributed by atoms with van der Waals surface area (Å²) in [5.74, 6) is -0.802. The first kappa shape index (κ1) is 16.7. The molecule has 1 heterocycles. The molecule has 1 aromatic heterocycles. The smallest absolute Gasteiger partial charge is 0.277 e. The first-order valence-corrected chi connectivity index (χ1v) is 9.04. The molecule has 0 atom stereocenters. The minimum absolute atomic E-state index is 0.0287. The number of benzene rings is 1. The number of phenols is 1. The fraction of sp³-hybridized carbons (Fsp3) is 0.231. The number of aromatic nitrogens is 2. The van der Waals surface area contributed by atoms with E-state index in [-0.39, 0.29) is 27.8 Å². The molecule has 1 aromatic carbocycles. The Labute approximate surface area is 141 Å². The third kappa shape index (κ3) is 3.40. The number of nitrogens with one attached hydrogen (secondary N) is 1. The minimum atomic E-state index is -3.43. The van der Waals surface area contributed by atoms with E-state index in [1.165, 1.54) is 29.8 Å². The van der Waals surface area contributed by atoms with Gasteiger partial charge < -0.3 is 10.4 Å². The van der Waals surface area contributed by atoms with Crippen molar-refractivity contribution >= 4 is 44.0 Å². The zero-order valence-corrected chi connectivity index (χ0v) is 14.8. The van der Waals surface area contributed by atoms with E-state index in [1.54, 1.807) is 13.2 Å². The lowest BCUT2D eigenvalue weighted by molar-refractivity contribution is 0.102. The lowest BCUT2D eigenvalue weighted by Crippen LogP contribution is -2.15. The zero-order valence-electron chi connectivity index (χ0n) is 11.9.